The van der Waals surface area contributed by atoms with Gasteiger partial charge in [-0.25, -0.2) is 0 Å². The van der Waals surface area contributed by atoms with E-state index >= 15 is 0 Å². The summed E-state index contributed by atoms with van der Waals surface area (Å²) in [5, 5.41) is 3.04. The van der Waals surface area contributed by atoms with E-state index in [1.807, 2.05) is 45.3 Å². The Morgan fingerprint density at radius 2 is 2.22 bits per heavy atom. The monoisotopic (exact) mass is 250 g/mol. The molecule has 1 unspecified atom stereocenters. The number of methoxy groups -OCH3 is 1. The number of nitrogens with zero attached hydrogens (tertiary/aromatic N) is 1. The Morgan fingerprint density at radius 1 is 1.50 bits per heavy atom. The molecule has 0 aromatic heterocycles. The number of hydrogen-bond donors (Lipinski definition) is 1. The number of amides is 1. The molecule has 0 aliphatic carbocycles. The Labute approximate surface area is 109 Å². The molecule has 0 saturated carbocycles. The van der Waals surface area contributed by atoms with Gasteiger partial charge in [-0.05, 0) is 31.7 Å². The van der Waals surface area contributed by atoms with Crippen molar-refractivity contribution in [3.63, 3.8) is 0 Å². The Morgan fingerprint density at radius 3 is 2.83 bits per heavy atom. The molecule has 0 aliphatic rings. The first-order valence-electron chi connectivity index (χ1n) is 6.13. The van der Waals surface area contributed by atoms with E-state index in [1.165, 1.54) is 0 Å². The number of likely N-dealkylation sites (N-methyl/N-ethyl adjacent to an activating group) is 2. The van der Waals surface area contributed by atoms with Gasteiger partial charge in [-0.2, -0.15) is 0 Å². The number of nitrogens with one attached hydrogen (secondary N) is 1. The first-order chi connectivity index (χ1) is 8.60. The second kappa shape index (κ2) is 7.01. The van der Waals surface area contributed by atoms with Crippen LogP contribution in [0.25, 0.3) is 0 Å². The van der Waals surface area contributed by atoms with Crippen LogP contribution in [0.15, 0.2) is 24.3 Å². The zero-order valence-electron chi connectivity index (χ0n) is 11.6. The highest BCUT2D eigenvalue weighted by Crippen LogP contribution is 2.21. The molecular formula is C14H22N2O2. The number of carbonyl (C=O) groups is 1. The SMILES string of the molecule is CNCCN(C)C(=O)C(C)c1cccc(OC)c1. The van der Waals surface area contributed by atoms with Gasteiger partial charge in [-0.15, -0.1) is 0 Å². The normalized spacial score (nSPS) is 12.0. The van der Waals surface area contributed by atoms with Crippen molar-refractivity contribution in [1.29, 1.82) is 0 Å². The largest absolute Gasteiger partial charge is 0.497 e. The van der Waals surface area contributed by atoms with E-state index in [0.717, 1.165) is 17.9 Å². The zero-order valence-corrected chi connectivity index (χ0v) is 11.6. The van der Waals surface area contributed by atoms with Gasteiger partial charge in [0.1, 0.15) is 5.75 Å². The molecule has 1 N–H and O–H groups in total. The highest BCUT2D eigenvalue weighted by atomic mass is 16.5. The van der Waals surface area contributed by atoms with Crippen LogP contribution < -0.4 is 10.1 Å². The molecule has 0 spiro atoms. The number of ether oxygens (including phenoxy) is 1. The Balaban J connectivity index is 2.72. The summed E-state index contributed by atoms with van der Waals surface area (Å²) in [5.41, 5.74) is 0.982. The number of benzene rings is 1. The van der Waals surface area contributed by atoms with Crippen molar-refractivity contribution in [3.05, 3.63) is 29.8 Å². The molecule has 0 saturated heterocycles. The second-order valence-electron chi connectivity index (χ2n) is 4.36. The summed E-state index contributed by atoms with van der Waals surface area (Å²) in [6.07, 6.45) is 0. The predicted molar refractivity (Wildman–Crippen MR) is 73.0 cm³/mol. The molecule has 100 valence electrons. The lowest BCUT2D eigenvalue weighted by atomic mass is 9.99. The van der Waals surface area contributed by atoms with Crippen molar-refractivity contribution in [1.82, 2.24) is 10.2 Å². The van der Waals surface area contributed by atoms with Crippen molar-refractivity contribution in [3.8, 4) is 5.75 Å². The van der Waals surface area contributed by atoms with E-state index in [0.29, 0.717) is 6.54 Å². The summed E-state index contributed by atoms with van der Waals surface area (Å²) in [6, 6.07) is 7.66. The zero-order chi connectivity index (χ0) is 13.5. The van der Waals surface area contributed by atoms with Gasteiger partial charge in [0.15, 0.2) is 0 Å². The standard InChI is InChI=1S/C14H22N2O2/c1-11(14(17)16(3)9-8-15-2)12-6-5-7-13(10-12)18-4/h5-7,10-11,15H,8-9H2,1-4H3. The third kappa shape index (κ3) is 3.74. The van der Waals surface area contributed by atoms with Crippen LogP contribution in [-0.4, -0.2) is 45.1 Å². The smallest absolute Gasteiger partial charge is 0.229 e. The van der Waals surface area contributed by atoms with Crippen LogP contribution in [0.5, 0.6) is 5.75 Å². The third-order valence-electron chi connectivity index (χ3n) is 3.04. The average molecular weight is 250 g/mol. The molecule has 4 heteroatoms. The van der Waals surface area contributed by atoms with Crippen LogP contribution in [-0.2, 0) is 4.79 Å². The van der Waals surface area contributed by atoms with E-state index in [-0.39, 0.29) is 11.8 Å². The summed E-state index contributed by atoms with van der Waals surface area (Å²) in [6.45, 7) is 3.43. The first-order valence-corrected chi connectivity index (χ1v) is 6.13. The van der Waals surface area contributed by atoms with E-state index in [4.69, 9.17) is 4.74 Å². The van der Waals surface area contributed by atoms with Crippen LogP contribution in [0, 0.1) is 0 Å². The van der Waals surface area contributed by atoms with Gasteiger partial charge < -0.3 is 15.0 Å². The van der Waals surface area contributed by atoms with Crippen LogP contribution in [0.2, 0.25) is 0 Å². The summed E-state index contributed by atoms with van der Waals surface area (Å²) >= 11 is 0. The molecule has 0 aliphatic heterocycles. The first kappa shape index (κ1) is 14.5. The third-order valence-corrected chi connectivity index (χ3v) is 3.04. The van der Waals surface area contributed by atoms with Crippen LogP contribution >= 0.6 is 0 Å². The quantitative estimate of drug-likeness (QED) is 0.831. The summed E-state index contributed by atoms with van der Waals surface area (Å²) < 4.78 is 5.18. The lowest BCUT2D eigenvalue weighted by Gasteiger charge is -2.21. The van der Waals surface area contributed by atoms with Crippen molar-refractivity contribution in [2.75, 3.05) is 34.3 Å². The fraction of sp³-hybridized carbons (Fsp3) is 0.500. The minimum absolute atomic E-state index is 0.124. The van der Waals surface area contributed by atoms with Crippen LogP contribution in [0.3, 0.4) is 0 Å². The van der Waals surface area contributed by atoms with Gasteiger partial charge in [-0.3, -0.25) is 4.79 Å². The van der Waals surface area contributed by atoms with Crippen LogP contribution in [0.1, 0.15) is 18.4 Å². The van der Waals surface area contributed by atoms with E-state index in [9.17, 15) is 4.79 Å². The van der Waals surface area contributed by atoms with Gasteiger partial charge >= 0.3 is 0 Å². The molecule has 0 heterocycles. The molecule has 1 atom stereocenters. The molecule has 0 fully saturated rings. The number of rotatable bonds is 6. The Hall–Kier alpha value is -1.55. The summed E-state index contributed by atoms with van der Waals surface area (Å²) in [4.78, 5) is 14.0. The van der Waals surface area contributed by atoms with Crippen LogP contribution in [0.4, 0.5) is 0 Å². The molecule has 1 amide bonds. The highest BCUT2D eigenvalue weighted by Gasteiger charge is 2.19. The molecule has 1 aromatic carbocycles. The maximum atomic E-state index is 12.2. The summed E-state index contributed by atoms with van der Waals surface area (Å²) in [7, 11) is 5.34. The van der Waals surface area contributed by atoms with Gasteiger partial charge in [-0.1, -0.05) is 12.1 Å². The maximum Gasteiger partial charge on any atom is 0.229 e. The lowest BCUT2D eigenvalue weighted by molar-refractivity contribution is -0.131. The molecule has 1 aromatic rings. The second-order valence-corrected chi connectivity index (χ2v) is 4.36. The van der Waals surface area contributed by atoms with Gasteiger partial charge in [0.05, 0.1) is 13.0 Å². The number of carbonyl (C=O) groups excluding carboxylic acids is 1. The van der Waals surface area contributed by atoms with Gasteiger partial charge in [0, 0.05) is 20.1 Å². The van der Waals surface area contributed by atoms with Crippen molar-refractivity contribution >= 4 is 5.91 Å². The minimum atomic E-state index is -0.151. The van der Waals surface area contributed by atoms with Gasteiger partial charge in [0.25, 0.3) is 0 Å². The van der Waals surface area contributed by atoms with Gasteiger partial charge in [0.2, 0.25) is 5.91 Å². The highest BCUT2D eigenvalue weighted by molar-refractivity contribution is 5.83. The predicted octanol–water partition coefficient (Wildman–Crippen LogP) is 1.48. The number of hydrogen-bond acceptors (Lipinski definition) is 3. The Kier molecular flexibility index (Phi) is 5.65. The average Bonchev–Trinajstić information content (AvgIpc) is 2.43. The molecule has 4 nitrogen and oxygen atoms in total. The van der Waals surface area contributed by atoms with Crippen molar-refractivity contribution in [2.24, 2.45) is 0 Å². The van der Waals surface area contributed by atoms with Crippen molar-refractivity contribution in [2.45, 2.75) is 12.8 Å². The summed E-state index contributed by atoms with van der Waals surface area (Å²) in [5.74, 6) is 0.755. The minimum Gasteiger partial charge on any atom is -0.497 e. The molecule has 0 radical (unpaired) electrons. The molecular weight excluding hydrogens is 228 g/mol. The van der Waals surface area contributed by atoms with Crippen molar-refractivity contribution < 1.29 is 9.53 Å². The topological polar surface area (TPSA) is 41.6 Å². The fourth-order valence-corrected chi connectivity index (χ4v) is 1.77. The fourth-order valence-electron chi connectivity index (χ4n) is 1.77. The van der Waals surface area contributed by atoms with E-state index in [1.54, 1.807) is 12.0 Å². The van der Waals surface area contributed by atoms with E-state index in [2.05, 4.69) is 5.32 Å². The lowest BCUT2D eigenvalue weighted by Crippen LogP contribution is -2.35. The Bertz CT molecular complexity index is 393. The molecule has 0 bridgehead atoms. The molecule has 18 heavy (non-hydrogen) atoms. The van der Waals surface area contributed by atoms with E-state index < -0.39 is 0 Å². The maximum absolute atomic E-state index is 12.2. The molecule has 1 rings (SSSR count).